The van der Waals surface area contributed by atoms with Gasteiger partial charge >= 0.3 is 5.69 Å². The summed E-state index contributed by atoms with van der Waals surface area (Å²) in [6.07, 6.45) is 3.12. The quantitative estimate of drug-likeness (QED) is 0.430. The molecular formula is C23H13ClN4O3. The zero-order valence-corrected chi connectivity index (χ0v) is 16.7. The maximum Gasteiger partial charge on any atom is 0.339 e. The predicted molar refractivity (Wildman–Crippen MR) is 117 cm³/mol. The van der Waals surface area contributed by atoms with Gasteiger partial charge in [-0.05, 0) is 18.2 Å². The number of rotatable bonds is 3. The van der Waals surface area contributed by atoms with Crippen LogP contribution < -0.4 is 11.2 Å². The van der Waals surface area contributed by atoms with Crippen LogP contribution in [-0.4, -0.2) is 14.1 Å². The van der Waals surface area contributed by atoms with Gasteiger partial charge in [0.2, 0.25) is 5.71 Å². The van der Waals surface area contributed by atoms with Gasteiger partial charge in [0.25, 0.3) is 5.56 Å². The van der Waals surface area contributed by atoms with Crippen LogP contribution in [0.2, 0.25) is 5.02 Å². The minimum atomic E-state index is -0.683. The molecule has 0 aliphatic rings. The smallest absolute Gasteiger partial charge is 0.339 e. The minimum Gasteiger partial charge on any atom is -0.439 e. The van der Waals surface area contributed by atoms with Crippen LogP contribution in [0.3, 0.4) is 0 Å². The highest BCUT2D eigenvalue weighted by Gasteiger charge is 2.21. The summed E-state index contributed by atoms with van der Waals surface area (Å²) in [5.74, 6) is 0.331. The summed E-state index contributed by atoms with van der Waals surface area (Å²) in [5, 5.41) is 11.4. The normalized spacial score (nSPS) is 11.1. The van der Waals surface area contributed by atoms with Crippen LogP contribution in [0.5, 0.6) is 0 Å². The van der Waals surface area contributed by atoms with Crippen molar-refractivity contribution in [2.24, 2.45) is 0 Å². The van der Waals surface area contributed by atoms with Crippen LogP contribution in [0.4, 0.5) is 0 Å². The van der Waals surface area contributed by atoms with Crippen LogP contribution in [0.15, 0.2) is 81.0 Å². The first-order chi connectivity index (χ1) is 15.1. The third-order valence-electron chi connectivity index (χ3n) is 5.07. The SMILES string of the molecule is N#CCn1c(=O)n(-c2cncc3ccccc23)c(=O)c2cc(-c3ccccc3Cl)oc21. The fourth-order valence-electron chi connectivity index (χ4n) is 3.65. The van der Waals surface area contributed by atoms with Crippen molar-refractivity contribution in [2.75, 3.05) is 0 Å². The van der Waals surface area contributed by atoms with E-state index < -0.39 is 11.2 Å². The molecule has 150 valence electrons. The summed E-state index contributed by atoms with van der Waals surface area (Å²) < 4.78 is 8.02. The number of hydrogen-bond acceptors (Lipinski definition) is 5. The van der Waals surface area contributed by atoms with Crippen molar-refractivity contribution in [3.8, 4) is 23.1 Å². The Morgan fingerprint density at radius 1 is 1.03 bits per heavy atom. The highest BCUT2D eigenvalue weighted by atomic mass is 35.5. The lowest BCUT2D eigenvalue weighted by Gasteiger charge is -2.10. The molecule has 0 bridgehead atoms. The molecule has 31 heavy (non-hydrogen) atoms. The van der Waals surface area contributed by atoms with Crippen molar-refractivity contribution >= 4 is 33.5 Å². The fourth-order valence-corrected chi connectivity index (χ4v) is 3.87. The van der Waals surface area contributed by atoms with E-state index in [1.165, 1.54) is 6.20 Å². The van der Waals surface area contributed by atoms with E-state index in [9.17, 15) is 14.9 Å². The lowest BCUT2D eigenvalue weighted by atomic mass is 10.1. The number of fused-ring (bicyclic) bond motifs is 2. The van der Waals surface area contributed by atoms with Gasteiger partial charge < -0.3 is 4.42 Å². The topological polar surface area (TPSA) is 93.8 Å². The number of furan rings is 1. The highest BCUT2D eigenvalue weighted by molar-refractivity contribution is 6.33. The summed E-state index contributed by atoms with van der Waals surface area (Å²) in [6.45, 7) is -0.288. The van der Waals surface area contributed by atoms with E-state index in [1.54, 1.807) is 36.5 Å². The molecule has 0 aliphatic carbocycles. The Labute approximate surface area is 180 Å². The van der Waals surface area contributed by atoms with Gasteiger partial charge in [-0.1, -0.05) is 48.0 Å². The van der Waals surface area contributed by atoms with E-state index >= 15 is 0 Å². The van der Waals surface area contributed by atoms with Gasteiger partial charge in [0.15, 0.2) is 0 Å². The fraction of sp³-hybridized carbons (Fsp3) is 0.0435. The van der Waals surface area contributed by atoms with Crippen LogP contribution in [-0.2, 0) is 6.54 Å². The second kappa shape index (κ2) is 7.27. The molecule has 0 atom stereocenters. The average molecular weight is 429 g/mol. The van der Waals surface area contributed by atoms with Crippen LogP contribution in [0, 0.1) is 11.3 Å². The molecule has 0 saturated carbocycles. The second-order valence-electron chi connectivity index (χ2n) is 6.86. The molecule has 0 fully saturated rings. The lowest BCUT2D eigenvalue weighted by molar-refractivity contribution is 0.571. The lowest BCUT2D eigenvalue weighted by Crippen LogP contribution is -2.38. The molecular weight excluding hydrogens is 416 g/mol. The first-order valence-corrected chi connectivity index (χ1v) is 9.72. The third kappa shape index (κ3) is 2.93. The minimum absolute atomic E-state index is 0.0240. The summed E-state index contributed by atoms with van der Waals surface area (Å²) in [4.78, 5) is 30.9. The molecule has 3 aromatic heterocycles. The van der Waals surface area contributed by atoms with E-state index in [0.717, 1.165) is 14.5 Å². The van der Waals surface area contributed by atoms with Crippen molar-refractivity contribution in [1.82, 2.24) is 14.1 Å². The number of hydrogen-bond donors (Lipinski definition) is 0. The van der Waals surface area contributed by atoms with Gasteiger partial charge in [-0.25, -0.2) is 13.9 Å². The number of halogens is 1. The standard InChI is InChI=1S/C23H13ClN4O3/c24-18-8-4-3-7-16(18)20-11-17-21(29)28(23(30)27(10-9-25)22(17)31-20)19-13-26-12-14-5-1-2-6-15(14)19/h1-8,11-13H,10H2. The Morgan fingerprint density at radius 3 is 2.61 bits per heavy atom. The van der Waals surface area contributed by atoms with E-state index in [-0.39, 0.29) is 17.6 Å². The maximum atomic E-state index is 13.4. The summed E-state index contributed by atoms with van der Waals surface area (Å²) in [7, 11) is 0. The first kappa shape index (κ1) is 18.9. The Balaban J connectivity index is 1.89. The number of nitriles is 1. The first-order valence-electron chi connectivity index (χ1n) is 9.34. The monoisotopic (exact) mass is 428 g/mol. The Hall–Kier alpha value is -4.15. The number of pyridine rings is 1. The molecule has 0 N–H and O–H groups in total. The molecule has 8 heteroatoms. The van der Waals surface area contributed by atoms with Gasteiger partial charge in [-0.3, -0.25) is 9.78 Å². The number of benzene rings is 2. The zero-order valence-electron chi connectivity index (χ0n) is 15.9. The van der Waals surface area contributed by atoms with Gasteiger partial charge in [-0.2, -0.15) is 5.26 Å². The van der Waals surface area contributed by atoms with Crippen molar-refractivity contribution in [1.29, 1.82) is 5.26 Å². The summed E-state index contributed by atoms with van der Waals surface area (Å²) >= 11 is 6.28. The van der Waals surface area contributed by atoms with Crippen LogP contribution >= 0.6 is 11.6 Å². The van der Waals surface area contributed by atoms with E-state index in [2.05, 4.69) is 4.98 Å². The van der Waals surface area contributed by atoms with Gasteiger partial charge in [0.1, 0.15) is 17.7 Å². The average Bonchev–Trinajstić information content (AvgIpc) is 3.22. The van der Waals surface area contributed by atoms with Crippen molar-refractivity contribution in [3.63, 3.8) is 0 Å². The molecule has 0 unspecified atom stereocenters. The van der Waals surface area contributed by atoms with E-state index in [1.807, 2.05) is 30.3 Å². The molecule has 0 aliphatic heterocycles. The van der Waals surface area contributed by atoms with Crippen molar-refractivity contribution < 1.29 is 4.42 Å². The molecule has 2 aromatic carbocycles. The van der Waals surface area contributed by atoms with Crippen molar-refractivity contribution in [3.05, 3.63) is 92.9 Å². The van der Waals surface area contributed by atoms with E-state index in [4.69, 9.17) is 16.0 Å². The van der Waals surface area contributed by atoms with Gasteiger partial charge in [-0.15, -0.1) is 0 Å². The highest BCUT2D eigenvalue weighted by Crippen LogP contribution is 2.31. The molecule has 5 aromatic rings. The van der Waals surface area contributed by atoms with Crippen LogP contribution in [0.1, 0.15) is 0 Å². The third-order valence-corrected chi connectivity index (χ3v) is 5.40. The number of aromatic nitrogens is 3. The van der Waals surface area contributed by atoms with Gasteiger partial charge in [0.05, 0.1) is 23.0 Å². The second-order valence-corrected chi connectivity index (χ2v) is 7.26. The Morgan fingerprint density at radius 2 is 1.81 bits per heavy atom. The Bertz CT molecular complexity index is 1630. The molecule has 0 radical (unpaired) electrons. The number of nitrogens with zero attached hydrogens (tertiary/aromatic N) is 4. The van der Waals surface area contributed by atoms with Crippen LogP contribution in [0.25, 0.3) is 38.9 Å². The molecule has 0 saturated heterocycles. The summed E-state index contributed by atoms with van der Waals surface area (Å²) in [5.41, 5.74) is -0.307. The maximum absolute atomic E-state index is 13.4. The molecule has 0 spiro atoms. The molecule has 3 heterocycles. The predicted octanol–water partition coefficient (Wildman–Crippen LogP) is 4.14. The van der Waals surface area contributed by atoms with Gasteiger partial charge in [0, 0.05) is 22.5 Å². The van der Waals surface area contributed by atoms with E-state index in [0.29, 0.717) is 27.4 Å². The molecule has 5 rings (SSSR count). The summed E-state index contributed by atoms with van der Waals surface area (Å²) in [6, 6.07) is 17.8. The molecule has 7 nitrogen and oxygen atoms in total. The molecule has 0 amide bonds. The zero-order chi connectivity index (χ0) is 21.5. The van der Waals surface area contributed by atoms with Crippen molar-refractivity contribution in [2.45, 2.75) is 6.54 Å². The Kier molecular flexibility index (Phi) is 4.42. The largest absolute Gasteiger partial charge is 0.439 e.